The van der Waals surface area contributed by atoms with Crippen molar-refractivity contribution < 1.29 is 14.2 Å². The van der Waals surface area contributed by atoms with Crippen LogP contribution < -0.4 is 4.57 Å². The zero-order valence-electron chi connectivity index (χ0n) is 19.1. The lowest BCUT2D eigenvalue weighted by atomic mass is 9.88. The van der Waals surface area contributed by atoms with Crippen LogP contribution in [0.2, 0.25) is 0 Å². The Bertz CT molecular complexity index is 1160. The van der Waals surface area contributed by atoms with Crippen LogP contribution >= 0.6 is 0 Å². The normalized spacial score (nSPS) is 23.0. The van der Waals surface area contributed by atoms with Crippen molar-refractivity contribution in [3.05, 3.63) is 89.7 Å². The van der Waals surface area contributed by atoms with Gasteiger partial charge in [-0.05, 0) is 47.1 Å². The van der Waals surface area contributed by atoms with Crippen molar-refractivity contribution in [2.45, 2.75) is 37.3 Å². The lowest BCUT2D eigenvalue weighted by molar-refractivity contribution is -0.938. The molecule has 3 aromatic rings. The Morgan fingerprint density at radius 3 is 2.34 bits per heavy atom. The topological polar surface area (TPSA) is 24.1 Å². The van der Waals surface area contributed by atoms with E-state index in [0.717, 1.165) is 39.8 Å². The molecule has 2 aromatic carbocycles. The molecule has 1 aliphatic heterocycles. The maximum Gasteiger partial charge on any atom is 0.177 e. The molecule has 162 valence electrons. The number of fused-ring (bicyclic) bond motifs is 3. The third-order valence-electron chi connectivity index (χ3n) is 7.44. The molecule has 1 aliphatic carbocycles. The van der Waals surface area contributed by atoms with Crippen LogP contribution in [-0.2, 0) is 12.6 Å². The molecule has 2 atom stereocenters. The number of likely N-dealkylation sites (tertiary alicyclic amines) is 1. The fourth-order valence-corrected chi connectivity index (χ4v) is 5.72. The molecule has 1 aromatic heterocycles. The quantitative estimate of drug-likeness (QED) is 0.374. The SMILES string of the molecule is C[n+]1cccc([C@@H]2CCCC[N+]2(C)CC#CCC2(O)c3ccccc3-c3ccccc32)c1. The summed E-state index contributed by atoms with van der Waals surface area (Å²) in [6, 6.07) is 21.3. The van der Waals surface area contributed by atoms with Gasteiger partial charge in [-0.3, -0.25) is 0 Å². The highest BCUT2D eigenvalue weighted by Crippen LogP contribution is 2.48. The van der Waals surface area contributed by atoms with Crippen molar-refractivity contribution >= 4 is 0 Å². The molecule has 1 fully saturated rings. The lowest BCUT2D eigenvalue weighted by Crippen LogP contribution is -2.50. The Balaban J connectivity index is 1.40. The molecule has 1 unspecified atom stereocenters. The highest BCUT2D eigenvalue weighted by Gasteiger charge is 2.41. The smallest absolute Gasteiger partial charge is 0.177 e. The largest absolute Gasteiger partial charge is 0.379 e. The van der Waals surface area contributed by atoms with Crippen molar-refractivity contribution in [1.82, 2.24) is 0 Å². The van der Waals surface area contributed by atoms with E-state index in [9.17, 15) is 5.11 Å². The van der Waals surface area contributed by atoms with Gasteiger partial charge < -0.3 is 9.59 Å². The first-order chi connectivity index (χ1) is 15.5. The van der Waals surface area contributed by atoms with Gasteiger partial charge in [0.25, 0.3) is 0 Å². The minimum Gasteiger partial charge on any atom is -0.379 e. The van der Waals surface area contributed by atoms with Gasteiger partial charge in [-0.1, -0.05) is 54.5 Å². The third-order valence-corrected chi connectivity index (χ3v) is 7.44. The average molecular weight is 425 g/mol. The molecule has 1 N–H and O–H groups in total. The number of benzene rings is 2. The van der Waals surface area contributed by atoms with Crippen molar-refractivity contribution in [2.75, 3.05) is 20.1 Å². The fourth-order valence-electron chi connectivity index (χ4n) is 5.72. The number of quaternary nitrogens is 1. The minimum absolute atomic E-state index is 0.423. The minimum atomic E-state index is -1.03. The number of aliphatic hydroxyl groups is 1. The van der Waals surface area contributed by atoms with Crippen molar-refractivity contribution in [3.63, 3.8) is 0 Å². The Morgan fingerprint density at radius 2 is 1.66 bits per heavy atom. The number of hydrogen-bond acceptors (Lipinski definition) is 1. The summed E-state index contributed by atoms with van der Waals surface area (Å²) in [7, 11) is 4.44. The van der Waals surface area contributed by atoms with Crippen LogP contribution in [0.4, 0.5) is 0 Å². The molecule has 5 rings (SSSR count). The van der Waals surface area contributed by atoms with Gasteiger partial charge in [0.15, 0.2) is 12.4 Å². The third kappa shape index (κ3) is 3.54. The molecule has 2 heterocycles. The van der Waals surface area contributed by atoms with Crippen LogP contribution in [0.1, 0.15) is 48.4 Å². The van der Waals surface area contributed by atoms with E-state index in [1.165, 1.54) is 24.8 Å². The molecule has 3 nitrogen and oxygen atoms in total. The summed E-state index contributed by atoms with van der Waals surface area (Å²) >= 11 is 0. The second-order valence-electron chi connectivity index (χ2n) is 9.66. The van der Waals surface area contributed by atoms with Gasteiger partial charge in [0.05, 0.1) is 19.2 Å². The van der Waals surface area contributed by atoms with Gasteiger partial charge in [0.2, 0.25) is 0 Å². The molecule has 0 bridgehead atoms. The molecule has 0 saturated carbocycles. The lowest BCUT2D eigenvalue weighted by Gasteiger charge is -2.43. The summed E-state index contributed by atoms with van der Waals surface area (Å²) in [6.45, 7) is 1.95. The van der Waals surface area contributed by atoms with E-state index >= 15 is 0 Å². The van der Waals surface area contributed by atoms with Crippen LogP contribution in [0.5, 0.6) is 0 Å². The van der Waals surface area contributed by atoms with Crippen LogP contribution in [0.25, 0.3) is 11.1 Å². The van der Waals surface area contributed by atoms with Crippen LogP contribution in [0.15, 0.2) is 73.1 Å². The van der Waals surface area contributed by atoms with E-state index in [2.05, 4.69) is 67.2 Å². The molecule has 0 spiro atoms. The molecule has 3 heteroatoms. The van der Waals surface area contributed by atoms with E-state index < -0.39 is 5.60 Å². The average Bonchev–Trinajstić information content (AvgIpc) is 3.06. The predicted octanol–water partition coefficient (Wildman–Crippen LogP) is 4.49. The molecule has 0 radical (unpaired) electrons. The zero-order chi connectivity index (χ0) is 22.2. The van der Waals surface area contributed by atoms with E-state index in [4.69, 9.17) is 0 Å². The summed E-state index contributed by atoms with van der Waals surface area (Å²) in [5.74, 6) is 6.86. The van der Waals surface area contributed by atoms with Crippen LogP contribution in [0, 0.1) is 11.8 Å². The molecule has 2 aliphatic rings. The van der Waals surface area contributed by atoms with E-state index in [0.29, 0.717) is 12.5 Å². The highest BCUT2D eigenvalue weighted by atomic mass is 16.3. The number of pyridine rings is 1. The monoisotopic (exact) mass is 424 g/mol. The maximum atomic E-state index is 11.7. The van der Waals surface area contributed by atoms with Crippen molar-refractivity contribution in [2.24, 2.45) is 7.05 Å². The van der Waals surface area contributed by atoms with E-state index in [1.54, 1.807) is 0 Å². The molecular formula is C29H32N2O+2. The van der Waals surface area contributed by atoms with Crippen molar-refractivity contribution in [3.8, 4) is 23.0 Å². The highest BCUT2D eigenvalue weighted by molar-refractivity contribution is 5.80. The Kier molecular flexibility index (Phi) is 5.37. The first-order valence-electron chi connectivity index (χ1n) is 11.7. The number of hydrogen-bond donors (Lipinski definition) is 1. The van der Waals surface area contributed by atoms with Gasteiger partial charge in [0, 0.05) is 18.9 Å². The van der Waals surface area contributed by atoms with E-state index in [1.807, 2.05) is 36.4 Å². The first-order valence-corrected chi connectivity index (χ1v) is 11.7. The Morgan fingerprint density at radius 1 is 0.969 bits per heavy atom. The second-order valence-corrected chi connectivity index (χ2v) is 9.66. The molecular weight excluding hydrogens is 392 g/mol. The van der Waals surface area contributed by atoms with Crippen molar-refractivity contribution in [1.29, 1.82) is 0 Å². The number of rotatable bonds is 3. The number of aryl methyl sites for hydroxylation is 1. The van der Waals surface area contributed by atoms with Gasteiger partial charge in [-0.25, -0.2) is 4.57 Å². The summed E-state index contributed by atoms with van der Waals surface area (Å²) in [4.78, 5) is 0. The number of piperidine rings is 1. The summed E-state index contributed by atoms with van der Waals surface area (Å²) in [6.07, 6.45) is 8.50. The van der Waals surface area contributed by atoms with Gasteiger partial charge >= 0.3 is 0 Å². The molecule has 1 saturated heterocycles. The van der Waals surface area contributed by atoms with Gasteiger partial charge in [-0.2, -0.15) is 0 Å². The first kappa shape index (κ1) is 20.9. The summed E-state index contributed by atoms with van der Waals surface area (Å²) in [5.41, 5.74) is 4.56. The van der Waals surface area contributed by atoms with E-state index in [-0.39, 0.29) is 0 Å². The predicted molar refractivity (Wildman–Crippen MR) is 127 cm³/mol. The number of nitrogens with zero attached hydrogens (tertiary/aromatic N) is 2. The second kappa shape index (κ2) is 8.20. The Hall–Kier alpha value is -2.93. The maximum absolute atomic E-state index is 11.7. The molecule has 0 amide bonds. The van der Waals surface area contributed by atoms with Crippen LogP contribution in [-0.4, -0.2) is 29.7 Å². The fraction of sp³-hybridized carbons (Fsp3) is 0.345. The molecule has 32 heavy (non-hydrogen) atoms. The summed E-state index contributed by atoms with van der Waals surface area (Å²) < 4.78 is 3.09. The number of aromatic nitrogens is 1. The zero-order valence-corrected chi connectivity index (χ0v) is 19.1. The van der Waals surface area contributed by atoms with Gasteiger partial charge in [-0.15, -0.1) is 0 Å². The standard InChI is InChI=1S/C29H32N2O/c1-30-19-11-12-23(22-30)28-17-7-9-20-31(28,2)21-10-8-18-29(32)26-15-5-3-13-24(26)25-14-4-6-16-27(25)29/h3-6,11-16,19,22,28,32H,7,9,17-18,20-21H2,1-2H3/q+2/t28-,31?/m0/s1. The van der Waals surface area contributed by atoms with Gasteiger partial charge in [0.1, 0.15) is 25.2 Å². The van der Waals surface area contributed by atoms with Crippen LogP contribution in [0.3, 0.4) is 0 Å². The summed E-state index contributed by atoms with van der Waals surface area (Å²) in [5, 5.41) is 11.7. The Labute approximate surface area is 191 Å².